The van der Waals surface area contributed by atoms with Crippen LogP contribution in [0.5, 0.6) is 0 Å². The number of imide groups is 2. The summed E-state index contributed by atoms with van der Waals surface area (Å²) in [5.74, 6) is -0.336. The van der Waals surface area contributed by atoms with Gasteiger partial charge in [0.15, 0.2) is 0 Å². The van der Waals surface area contributed by atoms with Gasteiger partial charge in [0.05, 0.1) is 11.1 Å². The molecule has 4 amide bonds. The van der Waals surface area contributed by atoms with Crippen molar-refractivity contribution in [3.05, 3.63) is 34.9 Å². The summed E-state index contributed by atoms with van der Waals surface area (Å²) in [4.78, 5) is 52.5. The van der Waals surface area contributed by atoms with E-state index in [4.69, 9.17) is 0 Å². The normalized spacial score (nSPS) is 27.9. The Bertz CT molecular complexity index is 902. The molecule has 0 radical (unpaired) electrons. The van der Waals surface area contributed by atoms with E-state index in [1.807, 2.05) is 6.07 Å². The molecule has 1 aromatic rings. The summed E-state index contributed by atoms with van der Waals surface area (Å²) in [7, 11) is 0. The Morgan fingerprint density at radius 1 is 0.966 bits per heavy atom. The first-order valence-corrected chi connectivity index (χ1v) is 10.3. The smallest absolute Gasteiger partial charge is 0.262 e. The van der Waals surface area contributed by atoms with Crippen molar-refractivity contribution in [1.29, 1.82) is 0 Å². The van der Waals surface area contributed by atoms with E-state index in [9.17, 15) is 19.2 Å². The molecule has 3 fully saturated rings. The van der Waals surface area contributed by atoms with Gasteiger partial charge in [-0.05, 0) is 55.5 Å². The minimum atomic E-state index is -0.917. The second-order valence-electron chi connectivity index (χ2n) is 8.53. The molecule has 0 bridgehead atoms. The van der Waals surface area contributed by atoms with Crippen LogP contribution in [0, 0.1) is 11.8 Å². The summed E-state index contributed by atoms with van der Waals surface area (Å²) >= 11 is 0. The van der Waals surface area contributed by atoms with Crippen molar-refractivity contribution in [2.75, 3.05) is 26.2 Å². The lowest BCUT2D eigenvalue weighted by Crippen LogP contribution is -2.54. The molecule has 3 saturated heterocycles. The molecule has 5 rings (SSSR count). The van der Waals surface area contributed by atoms with Crippen LogP contribution in [0.4, 0.5) is 0 Å². The molecule has 2 N–H and O–H groups in total. The predicted octanol–water partition coefficient (Wildman–Crippen LogP) is 0.129. The lowest BCUT2D eigenvalue weighted by atomic mass is 9.85. The van der Waals surface area contributed by atoms with Gasteiger partial charge in [-0.2, -0.15) is 0 Å². The van der Waals surface area contributed by atoms with Gasteiger partial charge in [0, 0.05) is 26.1 Å². The molecular formula is C21H24N4O4. The summed E-state index contributed by atoms with van der Waals surface area (Å²) < 4.78 is 0. The molecule has 152 valence electrons. The molecule has 0 aliphatic carbocycles. The number of benzene rings is 1. The molecule has 8 heteroatoms. The number of carbonyl (C=O) groups excluding carboxylic acids is 4. The summed E-state index contributed by atoms with van der Waals surface area (Å²) in [6.07, 6.45) is 1.56. The van der Waals surface area contributed by atoms with E-state index in [0.717, 1.165) is 55.0 Å². The highest BCUT2D eigenvalue weighted by Crippen LogP contribution is 2.31. The summed E-state index contributed by atoms with van der Waals surface area (Å²) in [5.41, 5.74) is 1.69. The maximum atomic E-state index is 12.9. The van der Waals surface area contributed by atoms with Gasteiger partial charge < -0.3 is 5.32 Å². The van der Waals surface area contributed by atoms with Crippen molar-refractivity contribution >= 4 is 23.6 Å². The Hall–Kier alpha value is -2.58. The lowest BCUT2D eigenvalue weighted by molar-refractivity contribution is -0.136. The number of carbonyl (C=O) groups is 4. The van der Waals surface area contributed by atoms with E-state index in [-0.39, 0.29) is 18.7 Å². The maximum Gasteiger partial charge on any atom is 0.262 e. The highest BCUT2D eigenvalue weighted by molar-refractivity contribution is 6.23. The monoisotopic (exact) mass is 396 g/mol. The Morgan fingerprint density at radius 2 is 1.76 bits per heavy atom. The lowest BCUT2D eigenvalue weighted by Gasteiger charge is -2.42. The van der Waals surface area contributed by atoms with Gasteiger partial charge in [-0.15, -0.1) is 0 Å². The number of hydrogen-bond acceptors (Lipinski definition) is 6. The average Bonchev–Trinajstić information content (AvgIpc) is 3.27. The van der Waals surface area contributed by atoms with E-state index in [2.05, 4.69) is 15.5 Å². The SMILES string of the molecule is O=C1CCC(N2C(=O)c3ccc(CN4CC(C5CCNC5)C4)cc3C2=O)C(=O)N1. The van der Waals surface area contributed by atoms with E-state index in [0.29, 0.717) is 11.1 Å². The van der Waals surface area contributed by atoms with Gasteiger partial charge in [0.25, 0.3) is 11.8 Å². The zero-order valence-electron chi connectivity index (χ0n) is 16.1. The number of amides is 4. The molecule has 4 heterocycles. The zero-order chi connectivity index (χ0) is 20.1. The van der Waals surface area contributed by atoms with Crippen molar-refractivity contribution in [3.63, 3.8) is 0 Å². The van der Waals surface area contributed by atoms with Crippen LogP contribution in [-0.4, -0.2) is 65.6 Å². The Balaban J connectivity index is 1.27. The molecule has 0 spiro atoms. The highest BCUT2D eigenvalue weighted by atomic mass is 16.2. The number of nitrogens with one attached hydrogen (secondary N) is 2. The molecule has 1 aromatic carbocycles. The Morgan fingerprint density at radius 3 is 2.48 bits per heavy atom. The third-order valence-electron chi connectivity index (χ3n) is 6.66. The van der Waals surface area contributed by atoms with Crippen LogP contribution >= 0.6 is 0 Å². The number of nitrogens with zero attached hydrogens (tertiary/aromatic N) is 2. The number of piperidine rings is 1. The van der Waals surface area contributed by atoms with Crippen molar-refractivity contribution < 1.29 is 19.2 Å². The average molecular weight is 396 g/mol. The van der Waals surface area contributed by atoms with E-state index in [1.54, 1.807) is 12.1 Å². The third kappa shape index (κ3) is 3.16. The zero-order valence-corrected chi connectivity index (χ0v) is 16.1. The molecule has 4 aliphatic rings. The van der Waals surface area contributed by atoms with Crippen molar-refractivity contribution in [1.82, 2.24) is 20.4 Å². The number of fused-ring (bicyclic) bond motifs is 1. The van der Waals surface area contributed by atoms with E-state index >= 15 is 0 Å². The van der Waals surface area contributed by atoms with Crippen LogP contribution in [0.25, 0.3) is 0 Å². The van der Waals surface area contributed by atoms with Crippen LogP contribution in [0.2, 0.25) is 0 Å². The number of hydrogen-bond donors (Lipinski definition) is 2. The summed E-state index contributed by atoms with van der Waals surface area (Å²) in [6, 6.07) is 4.45. The topological polar surface area (TPSA) is 98.8 Å². The van der Waals surface area contributed by atoms with Crippen molar-refractivity contribution in [3.8, 4) is 0 Å². The maximum absolute atomic E-state index is 12.9. The van der Waals surface area contributed by atoms with Gasteiger partial charge in [0.2, 0.25) is 11.8 Å². The molecule has 2 unspecified atom stereocenters. The first kappa shape index (κ1) is 18.4. The van der Waals surface area contributed by atoms with Gasteiger partial charge in [0.1, 0.15) is 6.04 Å². The van der Waals surface area contributed by atoms with Gasteiger partial charge in [-0.1, -0.05) is 6.07 Å². The van der Waals surface area contributed by atoms with Gasteiger partial charge in [-0.25, -0.2) is 0 Å². The van der Waals surface area contributed by atoms with Crippen LogP contribution in [0.15, 0.2) is 18.2 Å². The molecule has 0 saturated carbocycles. The summed E-state index contributed by atoms with van der Waals surface area (Å²) in [6.45, 7) is 5.12. The second-order valence-corrected chi connectivity index (χ2v) is 8.53. The number of rotatable bonds is 4. The molecule has 29 heavy (non-hydrogen) atoms. The fourth-order valence-corrected chi connectivity index (χ4v) is 4.99. The molecule has 4 aliphatic heterocycles. The Labute approximate surface area is 168 Å². The van der Waals surface area contributed by atoms with Crippen LogP contribution in [0.3, 0.4) is 0 Å². The van der Waals surface area contributed by atoms with E-state index in [1.165, 1.54) is 6.42 Å². The minimum Gasteiger partial charge on any atom is -0.316 e. The third-order valence-corrected chi connectivity index (χ3v) is 6.66. The van der Waals surface area contributed by atoms with Crippen molar-refractivity contribution in [2.45, 2.75) is 31.8 Å². The fourth-order valence-electron chi connectivity index (χ4n) is 4.99. The first-order chi connectivity index (χ1) is 14.0. The van der Waals surface area contributed by atoms with Crippen LogP contribution < -0.4 is 10.6 Å². The highest BCUT2D eigenvalue weighted by Gasteiger charge is 2.44. The van der Waals surface area contributed by atoms with Gasteiger partial charge >= 0.3 is 0 Å². The molecular weight excluding hydrogens is 372 g/mol. The molecule has 0 aromatic heterocycles. The fraction of sp³-hybridized carbons (Fsp3) is 0.524. The standard InChI is InChI=1S/C21H24N4O4/c26-18-4-3-17(19(27)23-18)25-20(28)15-2-1-12(7-16(15)21(25)29)9-24-10-14(11-24)13-5-6-22-8-13/h1-2,7,13-14,17,22H,3-6,8-11H2,(H,23,26,27). The van der Waals surface area contributed by atoms with Gasteiger partial charge in [-0.3, -0.25) is 34.3 Å². The molecule has 2 atom stereocenters. The van der Waals surface area contributed by atoms with Crippen LogP contribution in [0.1, 0.15) is 45.5 Å². The molecule has 8 nitrogen and oxygen atoms in total. The quantitative estimate of drug-likeness (QED) is 0.702. The largest absolute Gasteiger partial charge is 0.316 e. The summed E-state index contributed by atoms with van der Waals surface area (Å²) in [5, 5.41) is 5.64. The van der Waals surface area contributed by atoms with E-state index < -0.39 is 23.8 Å². The van der Waals surface area contributed by atoms with Crippen molar-refractivity contribution in [2.24, 2.45) is 11.8 Å². The predicted molar refractivity (Wildman–Crippen MR) is 103 cm³/mol. The first-order valence-electron chi connectivity index (χ1n) is 10.3. The van der Waals surface area contributed by atoms with Crippen LogP contribution in [-0.2, 0) is 16.1 Å². The minimum absolute atomic E-state index is 0.127. The second kappa shape index (κ2) is 7.03. The number of likely N-dealkylation sites (tertiary alicyclic amines) is 1. The Kier molecular flexibility index (Phi) is 4.48.